The smallest absolute Gasteiger partial charge is 0.307 e. The van der Waals surface area contributed by atoms with Crippen molar-refractivity contribution >= 4 is 11.9 Å². The Morgan fingerprint density at radius 3 is 2.16 bits per heavy atom. The molecule has 1 amide bonds. The monoisotopic (exact) mass is 267 g/mol. The highest BCUT2D eigenvalue weighted by atomic mass is 16.4. The number of aliphatic carboxylic acids is 1. The molecule has 0 aromatic heterocycles. The van der Waals surface area contributed by atoms with Crippen LogP contribution in [0.1, 0.15) is 58.3 Å². The molecule has 4 nitrogen and oxygen atoms in total. The lowest BCUT2D eigenvalue weighted by Gasteiger charge is -2.21. The Hall–Kier alpha value is -1.06. The van der Waals surface area contributed by atoms with E-state index in [1.807, 2.05) is 6.92 Å². The number of hydrogen-bond donors (Lipinski definition) is 2. The van der Waals surface area contributed by atoms with E-state index in [1.54, 1.807) is 0 Å². The van der Waals surface area contributed by atoms with Gasteiger partial charge in [0, 0.05) is 6.04 Å². The van der Waals surface area contributed by atoms with Crippen LogP contribution in [0.3, 0.4) is 0 Å². The predicted octanol–water partition coefficient (Wildman–Crippen LogP) is 2.57. The zero-order valence-corrected chi connectivity index (χ0v) is 11.7. The fourth-order valence-corrected chi connectivity index (χ4v) is 3.59. The van der Waals surface area contributed by atoms with Gasteiger partial charge in [0.05, 0.1) is 11.8 Å². The van der Waals surface area contributed by atoms with Crippen LogP contribution in [0.2, 0.25) is 0 Å². The van der Waals surface area contributed by atoms with Gasteiger partial charge in [0.25, 0.3) is 0 Å². The van der Waals surface area contributed by atoms with E-state index in [4.69, 9.17) is 0 Å². The summed E-state index contributed by atoms with van der Waals surface area (Å²) in [6.45, 7) is 2.04. The topological polar surface area (TPSA) is 66.4 Å². The van der Waals surface area contributed by atoms with Crippen molar-refractivity contribution in [2.24, 2.45) is 17.8 Å². The first kappa shape index (κ1) is 14.4. The van der Waals surface area contributed by atoms with Gasteiger partial charge < -0.3 is 10.4 Å². The fourth-order valence-electron chi connectivity index (χ4n) is 3.59. The normalized spacial score (nSPS) is 32.8. The number of carboxylic acid groups (broad SMARTS) is 1. The average Bonchev–Trinajstić information content (AvgIpc) is 2.58. The van der Waals surface area contributed by atoms with Crippen molar-refractivity contribution in [3.8, 4) is 0 Å². The molecule has 0 spiro atoms. The third-order valence-electron chi connectivity index (χ3n) is 4.65. The third kappa shape index (κ3) is 3.71. The van der Waals surface area contributed by atoms with Crippen LogP contribution in [0.4, 0.5) is 0 Å². The lowest BCUT2D eigenvalue weighted by Crippen LogP contribution is -2.41. The molecule has 19 heavy (non-hydrogen) atoms. The Morgan fingerprint density at radius 1 is 1.00 bits per heavy atom. The van der Waals surface area contributed by atoms with Crippen LogP contribution in [-0.2, 0) is 9.59 Å². The van der Waals surface area contributed by atoms with Crippen LogP contribution in [0, 0.1) is 17.8 Å². The number of rotatable bonds is 3. The Labute approximate surface area is 115 Å². The number of hydrogen-bond acceptors (Lipinski definition) is 2. The Kier molecular flexibility index (Phi) is 4.83. The highest BCUT2D eigenvalue weighted by molar-refractivity contribution is 5.85. The van der Waals surface area contributed by atoms with Gasteiger partial charge in [-0.25, -0.2) is 0 Å². The molecule has 2 aliphatic carbocycles. The minimum atomic E-state index is -0.814. The molecular formula is C15H25NO3. The van der Waals surface area contributed by atoms with Gasteiger partial charge in [0.1, 0.15) is 0 Å². The largest absolute Gasteiger partial charge is 0.481 e. The van der Waals surface area contributed by atoms with Crippen molar-refractivity contribution in [2.75, 3.05) is 0 Å². The second-order valence-electron chi connectivity index (χ2n) is 6.32. The molecule has 0 bridgehead atoms. The van der Waals surface area contributed by atoms with Crippen LogP contribution in [0.5, 0.6) is 0 Å². The maximum Gasteiger partial charge on any atom is 0.307 e. The second-order valence-corrected chi connectivity index (χ2v) is 6.32. The van der Waals surface area contributed by atoms with E-state index in [0.29, 0.717) is 12.3 Å². The summed E-state index contributed by atoms with van der Waals surface area (Å²) in [6.07, 6.45) is 8.31. The van der Waals surface area contributed by atoms with Gasteiger partial charge in [-0.15, -0.1) is 0 Å². The van der Waals surface area contributed by atoms with Crippen LogP contribution in [0.25, 0.3) is 0 Å². The van der Waals surface area contributed by atoms with Gasteiger partial charge in [-0.05, 0) is 31.6 Å². The molecule has 2 saturated carbocycles. The van der Waals surface area contributed by atoms with Gasteiger partial charge in [0.2, 0.25) is 5.91 Å². The molecular weight excluding hydrogens is 242 g/mol. The molecule has 2 aliphatic rings. The van der Waals surface area contributed by atoms with Gasteiger partial charge in [-0.1, -0.05) is 32.6 Å². The number of amides is 1. The summed E-state index contributed by atoms with van der Waals surface area (Å²) >= 11 is 0. The van der Waals surface area contributed by atoms with Gasteiger partial charge in [0.15, 0.2) is 0 Å². The lowest BCUT2D eigenvalue weighted by atomic mass is 9.94. The Balaban J connectivity index is 1.92. The summed E-state index contributed by atoms with van der Waals surface area (Å²) < 4.78 is 0. The molecule has 4 heteroatoms. The molecule has 0 aliphatic heterocycles. The molecule has 0 heterocycles. The average molecular weight is 267 g/mol. The van der Waals surface area contributed by atoms with E-state index < -0.39 is 11.9 Å². The van der Waals surface area contributed by atoms with E-state index in [1.165, 1.54) is 25.7 Å². The molecule has 0 saturated heterocycles. The van der Waals surface area contributed by atoms with Crippen LogP contribution in [-0.4, -0.2) is 23.0 Å². The van der Waals surface area contributed by atoms with E-state index in [2.05, 4.69) is 5.32 Å². The van der Waals surface area contributed by atoms with Crippen molar-refractivity contribution in [3.63, 3.8) is 0 Å². The summed E-state index contributed by atoms with van der Waals surface area (Å²) in [7, 11) is 0. The van der Waals surface area contributed by atoms with Crippen molar-refractivity contribution in [1.82, 2.24) is 5.32 Å². The molecule has 0 radical (unpaired) electrons. The number of carbonyl (C=O) groups is 2. The number of nitrogens with one attached hydrogen (secondary N) is 1. The first-order chi connectivity index (χ1) is 9.08. The highest BCUT2D eigenvalue weighted by Crippen LogP contribution is 2.36. The zero-order valence-electron chi connectivity index (χ0n) is 11.7. The molecule has 2 rings (SSSR count). The maximum atomic E-state index is 12.3. The summed E-state index contributed by atoms with van der Waals surface area (Å²) in [6, 6.07) is 0.264. The molecule has 0 aromatic rings. The first-order valence-electron chi connectivity index (χ1n) is 7.61. The summed E-state index contributed by atoms with van der Waals surface area (Å²) in [5.74, 6) is -1.31. The van der Waals surface area contributed by atoms with Crippen molar-refractivity contribution in [2.45, 2.75) is 64.3 Å². The molecule has 1 unspecified atom stereocenters. The standard InChI is InChI=1S/C15H25NO3/c1-10-8-12(13(9-10)15(18)19)14(17)16-11-6-4-2-3-5-7-11/h10-13H,2-9H2,1H3,(H,16,17)(H,18,19)/t10?,12-,13+/m0/s1. The predicted molar refractivity (Wildman–Crippen MR) is 72.6 cm³/mol. The summed E-state index contributed by atoms with van der Waals surface area (Å²) in [5.41, 5.74) is 0. The van der Waals surface area contributed by atoms with Crippen LogP contribution < -0.4 is 5.32 Å². The fraction of sp³-hybridized carbons (Fsp3) is 0.867. The van der Waals surface area contributed by atoms with Gasteiger partial charge in [-0.2, -0.15) is 0 Å². The van der Waals surface area contributed by atoms with Gasteiger partial charge >= 0.3 is 5.97 Å². The SMILES string of the molecule is CC1C[C@H](C(=O)NC2CCCCCC2)[C@H](C(=O)O)C1. The van der Waals surface area contributed by atoms with Crippen molar-refractivity contribution in [1.29, 1.82) is 0 Å². The molecule has 2 N–H and O–H groups in total. The number of carboxylic acids is 1. The first-order valence-corrected chi connectivity index (χ1v) is 7.61. The Morgan fingerprint density at radius 2 is 1.58 bits per heavy atom. The molecule has 108 valence electrons. The van der Waals surface area contributed by atoms with Gasteiger partial charge in [-0.3, -0.25) is 9.59 Å². The van der Waals surface area contributed by atoms with Crippen molar-refractivity contribution < 1.29 is 14.7 Å². The van der Waals surface area contributed by atoms with Crippen LogP contribution >= 0.6 is 0 Å². The maximum absolute atomic E-state index is 12.3. The number of carbonyl (C=O) groups excluding carboxylic acids is 1. The minimum absolute atomic E-state index is 0.0244. The van der Waals surface area contributed by atoms with E-state index in [0.717, 1.165) is 19.3 Å². The zero-order chi connectivity index (χ0) is 13.8. The second kappa shape index (κ2) is 6.40. The molecule has 0 aromatic carbocycles. The third-order valence-corrected chi connectivity index (χ3v) is 4.65. The summed E-state index contributed by atoms with van der Waals surface area (Å²) in [5, 5.41) is 12.3. The quantitative estimate of drug-likeness (QED) is 0.772. The van der Waals surface area contributed by atoms with E-state index in [-0.39, 0.29) is 17.9 Å². The van der Waals surface area contributed by atoms with E-state index in [9.17, 15) is 14.7 Å². The molecule has 3 atom stereocenters. The van der Waals surface area contributed by atoms with E-state index >= 15 is 0 Å². The summed E-state index contributed by atoms with van der Waals surface area (Å²) in [4.78, 5) is 23.5. The molecule has 2 fully saturated rings. The highest BCUT2D eigenvalue weighted by Gasteiger charge is 2.41. The minimum Gasteiger partial charge on any atom is -0.481 e. The lowest BCUT2D eigenvalue weighted by molar-refractivity contribution is -0.146. The Bertz CT molecular complexity index is 334. The van der Waals surface area contributed by atoms with Crippen LogP contribution in [0.15, 0.2) is 0 Å². The van der Waals surface area contributed by atoms with Crippen molar-refractivity contribution in [3.05, 3.63) is 0 Å².